The Kier molecular flexibility index (Phi) is 4.42. The zero-order valence-corrected chi connectivity index (χ0v) is 9.83. The fourth-order valence-electron chi connectivity index (χ4n) is 1.21. The van der Waals surface area contributed by atoms with E-state index in [1.54, 1.807) is 0 Å². The highest BCUT2D eigenvalue weighted by Gasteiger charge is 2.16. The maximum absolute atomic E-state index is 13.4. The molecule has 100 valence electrons. The lowest BCUT2D eigenvalue weighted by atomic mass is 10.2. The summed E-state index contributed by atoms with van der Waals surface area (Å²) in [4.78, 5) is 22.1. The largest absolute Gasteiger partial charge is 0.478 e. The van der Waals surface area contributed by atoms with Gasteiger partial charge in [-0.15, -0.1) is 6.42 Å². The Morgan fingerprint density at radius 1 is 1.37 bits per heavy atom. The Hall–Kier alpha value is -2.62. The summed E-state index contributed by atoms with van der Waals surface area (Å²) in [7, 11) is 0. The topological polar surface area (TPSA) is 78.4 Å². The average Bonchev–Trinajstić information content (AvgIpc) is 2.31. The highest BCUT2D eigenvalue weighted by molar-refractivity contribution is 5.93. The molecule has 3 N–H and O–H groups in total. The molecule has 2 amide bonds. The van der Waals surface area contributed by atoms with E-state index < -0.39 is 40.9 Å². The van der Waals surface area contributed by atoms with Gasteiger partial charge in [0.05, 0.1) is 17.3 Å². The lowest BCUT2D eigenvalue weighted by Gasteiger charge is -2.11. The van der Waals surface area contributed by atoms with Gasteiger partial charge in [0, 0.05) is 6.07 Å². The van der Waals surface area contributed by atoms with Crippen LogP contribution in [0.15, 0.2) is 12.1 Å². The van der Waals surface area contributed by atoms with E-state index in [0.29, 0.717) is 12.1 Å². The Labute approximate surface area is 107 Å². The third-order valence-corrected chi connectivity index (χ3v) is 2.13. The monoisotopic (exact) mass is 268 g/mol. The van der Waals surface area contributed by atoms with Crippen molar-refractivity contribution in [2.75, 3.05) is 5.32 Å². The maximum atomic E-state index is 13.4. The molecule has 0 aromatic heterocycles. The Balaban J connectivity index is 2.96. The second-order valence-electron chi connectivity index (χ2n) is 3.60. The number of anilines is 1. The van der Waals surface area contributed by atoms with Gasteiger partial charge in [-0.25, -0.2) is 18.4 Å². The molecule has 19 heavy (non-hydrogen) atoms. The third kappa shape index (κ3) is 3.67. The van der Waals surface area contributed by atoms with E-state index in [2.05, 4.69) is 11.2 Å². The number of carbonyl (C=O) groups is 2. The van der Waals surface area contributed by atoms with Gasteiger partial charge in [0.15, 0.2) is 0 Å². The van der Waals surface area contributed by atoms with Crippen molar-refractivity contribution in [2.24, 2.45) is 0 Å². The summed E-state index contributed by atoms with van der Waals surface area (Å²) in [5.41, 5.74) is -1.21. The van der Waals surface area contributed by atoms with Gasteiger partial charge in [-0.2, -0.15) is 0 Å². The van der Waals surface area contributed by atoms with Crippen LogP contribution in [0.3, 0.4) is 0 Å². The first-order valence-electron chi connectivity index (χ1n) is 5.11. The summed E-state index contributed by atoms with van der Waals surface area (Å²) in [6, 6.07) is -0.355. The second kappa shape index (κ2) is 5.82. The van der Waals surface area contributed by atoms with E-state index in [-0.39, 0.29) is 0 Å². The van der Waals surface area contributed by atoms with E-state index >= 15 is 0 Å². The lowest BCUT2D eigenvalue weighted by molar-refractivity contribution is 0.0692. The summed E-state index contributed by atoms with van der Waals surface area (Å²) >= 11 is 0. The van der Waals surface area contributed by atoms with Crippen LogP contribution in [-0.4, -0.2) is 23.1 Å². The molecule has 0 bridgehead atoms. The number of urea groups is 1. The zero-order valence-electron chi connectivity index (χ0n) is 9.83. The summed E-state index contributed by atoms with van der Waals surface area (Å²) in [5.74, 6) is -1.68. The molecule has 7 heteroatoms. The number of benzene rings is 1. The van der Waals surface area contributed by atoms with Crippen LogP contribution in [0.2, 0.25) is 0 Å². The number of carboxylic acids is 1. The molecule has 5 nitrogen and oxygen atoms in total. The van der Waals surface area contributed by atoms with Crippen molar-refractivity contribution in [1.82, 2.24) is 5.32 Å². The van der Waals surface area contributed by atoms with Gasteiger partial charge >= 0.3 is 12.0 Å². The van der Waals surface area contributed by atoms with E-state index in [4.69, 9.17) is 11.5 Å². The number of carbonyl (C=O) groups excluding carboxylic acids is 1. The molecule has 0 radical (unpaired) electrons. The number of hydrogen-bond donors (Lipinski definition) is 3. The minimum Gasteiger partial charge on any atom is -0.478 e. The molecule has 1 unspecified atom stereocenters. The number of nitrogens with one attached hydrogen (secondary N) is 2. The average molecular weight is 268 g/mol. The Morgan fingerprint density at radius 3 is 2.53 bits per heavy atom. The van der Waals surface area contributed by atoms with Crippen molar-refractivity contribution in [3.63, 3.8) is 0 Å². The second-order valence-corrected chi connectivity index (χ2v) is 3.60. The standard InChI is InChI=1S/C12H10F2N2O3/c1-3-6(2)15-12(19)16-10-4-7(11(17)18)8(13)5-9(10)14/h1,4-6H,2H3,(H,17,18)(H2,15,16,19). The SMILES string of the molecule is C#CC(C)NC(=O)Nc1cc(C(=O)O)c(F)cc1F. The van der Waals surface area contributed by atoms with Crippen molar-refractivity contribution in [2.45, 2.75) is 13.0 Å². The fourth-order valence-corrected chi connectivity index (χ4v) is 1.21. The summed E-state index contributed by atoms with van der Waals surface area (Å²) in [5, 5.41) is 13.0. The first-order valence-corrected chi connectivity index (χ1v) is 5.11. The number of aromatic carboxylic acids is 1. The van der Waals surface area contributed by atoms with Gasteiger partial charge in [-0.1, -0.05) is 5.92 Å². The maximum Gasteiger partial charge on any atom is 0.338 e. The fraction of sp³-hybridized carbons (Fsp3) is 0.167. The molecule has 0 aliphatic carbocycles. The number of halogens is 2. The van der Waals surface area contributed by atoms with Crippen LogP contribution in [-0.2, 0) is 0 Å². The van der Waals surface area contributed by atoms with Crippen molar-refractivity contribution in [1.29, 1.82) is 0 Å². The van der Waals surface area contributed by atoms with Crippen molar-refractivity contribution < 1.29 is 23.5 Å². The van der Waals surface area contributed by atoms with Gasteiger partial charge in [-0.3, -0.25) is 0 Å². The van der Waals surface area contributed by atoms with Crippen LogP contribution in [0, 0.1) is 24.0 Å². The number of terminal acetylenes is 1. The van der Waals surface area contributed by atoms with E-state index in [1.807, 2.05) is 5.32 Å². The Morgan fingerprint density at radius 2 is 2.00 bits per heavy atom. The predicted molar refractivity (Wildman–Crippen MR) is 63.8 cm³/mol. The highest BCUT2D eigenvalue weighted by atomic mass is 19.1. The van der Waals surface area contributed by atoms with Crippen molar-refractivity contribution >= 4 is 17.7 Å². The smallest absolute Gasteiger partial charge is 0.338 e. The first-order chi connectivity index (χ1) is 8.85. The molecule has 0 aliphatic heterocycles. The molecule has 0 fully saturated rings. The van der Waals surface area contributed by atoms with Gasteiger partial charge in [0.25, 0.3) is 0 Å². The van der Waals surface area contributed by atoms with Crippen LogP contribution in [0.1, 0.15) is 17.3 Å². The van der Waals surface area contributed by atoms with Gasteiger partial charge < -0.3 is 15.7 Å². The lowest BCUT2D eigenvalue weighted by Crippen LogP contribution is -2.35. The minimum atomic E-state index is -1.57. The highest BCUT2D eigenvalue weighted by Crippen LogP contribution is 2.19. The molecule has 0 heterocycles. The Bertz CT molecular complexity index is 567. The van der Waals surface area contributed by atoms with Gasteiger partial charge in [0.2, 0.25) is 0 Å². The molecule has 1 aromatic carbocycles. The molecule has 0 spiro atoms. The quantitative estimate of drug-likeness (QED) is 0.731. The van der Waals surface area contributed by atoms with Crippen LogP contribution in [0.4, 0.5) is 19.3 Å². The summed E-state index contributed by atoms with van der Waals surface area (Å²) in [6.07, 6.45) is 5.03. The predicted octanol–water partition coefficient (Wildman–Crippen LogP) is 1.81. The molecular formula is C12H10F2N2O3. The molecule has 1 rings (SSSR count). The number of amides is 2. The number of carboxylic acid groups (broad SMARTS) is 1. The molecule has 0 aliphatic rings. The van der Waals surface area contributed by atoms with Crippen LogP contribution >= 0.6 is 0 Å². The van der Waals surface area contributed by atoms with E-state index in [1.165, 1.54) is 6.92 Å². The summed E-state index contributed by atoms with van der Waals surface area (Å²) in [6.45, 7) is 1.52. The molecule has 1 atom stereocenters. The van der Waals surface area contributed by atoms with Gasteiger partial charge in [-0.05, 0) is 13.0 Å². The normalized spacial score (nSPS) is 11.3. The van der Waals surface area contributed by atoms with E-state index in [0.717, 1.165) is 0 Å². The van der Waals surface area contributed by atoms with Crippen LogP contribution in [0.25, 0.3) is 0 Å². The molecular weight excluding hydrogens is 258 g/mol. The summed E-state index contributed by atoms with van der Waals surface area (Å²) < 4.78 is 26.5. The minimum absolute atomic E-state index is 0.379. The first kappa shape index (κ1) is 14.4. The van der Waals surface area contributed by atoms with Crippen molar-refractivity contribution in [3.8, 4) is 12.3 Å². The van der Waals surface area contributed by atoms with Crippen molar-refractivity contribution in [3.05, 3.63) is 29.3 Å². The third-order valence-electron chi connectivity index (χ3n) is 2.13. The molecule has 0 saturated heterocycles. The number of hydrogen-bond acceptors (Lipinski definition) is 2. The van der Waals surface area contributed by atoms with Crippen LogP contribution in [0.5, 0.6) is 0 Å². The molecule has 1 aromatic rings. The van der Waals surface area contributed by atoms with Gasteiger partial charge in [0.1, 0.15) is 11.6 Å². The van der Waals surface area contributed by atoms with Crippen LogP contribution < -0.4 is 10.6 Å². The number of rotatable bonds is 3. The molecule has 0 saturated carbocycles. The van der Waals surface area contributed by atoms with E-state index in [9.17, 15) is 18.4 Å². The zero-order chi connectivity index (χ0) is 14.6.